The molecule has 1 aliphatic rings. The van der Waals surface area contributed by atoms with Crippen LogP contribution in [-0.4, -0.2) is 29.8 Å². The fourth-order valence-electron chi connectivity index (χ4n) is 1.44. The third-order valence-corrected chi connectivity index (χ3v) is 2.62. The van der Waals surface area contributed by atoms with Gasteiger partial charge in [-0.05, 0) is 12.8 Å². The summed E-state index contributed by atoms with van der Waals surface area (Å²) in [5, 5.41) is 9.50. The summed E-state index contributed by atoms with van der Waals surface area (Å²) in [5.74, 6) is 0. The molecule has 0 aromatic heterocycles. The Morgan fingerprint density at radius 1 is 1.27 bits per heavy atom. The SMILES string of the molecule is C[S+](C)O[C@H]1CCCC[C@@H]1O. The molecule has 1 fully saturated rings. The molecule has 1 N–H and O–H groups in total. The Morgan fingerprint density at radius 2 is 1.91 bits per heavy atom. The van der Waals surface area contributed by atoms with Gasteiger partial charge in [-0.2, -0.15) is 4.18 Å². The third kappa shape index (κ3) is 3.01. The van der Waals surface area contributed by atoms with E-state index in [9.17, 15) is 5.11 Å². The molecule has 1 rings (SSSR count). The normalized spacial score (nSPS) is 32.7. The lowest BCUT2D eigenvalue weighted by Crippen LogP contribution is -2.33. The Morgan fingerprint density at radius 3 is 2.45 bits per heavy atom. The van der Waals surface area contributed by atoms with E-state index in [4.69, 9.17) is 4.18 Å². The molecule has 0 aromatic rings. The molecule has 1 saturated carbocycles. The van der Waals surface area contributed by atoms with Crippen LogP contribution in [0.2, 0.25) is 0 Å². The van der Waals surface area contributed by atoms with Crippen molar-refractivity contribution in [2.24, 2.45) is 0 Å². The number of hydrogen-bond acceptors (Lipinski definition) is 2. The Hall–Kier alpha value is 0.270. The standard InChI is InChI=1S/C8H17O2S/c1-11(2)10-8-6-4-3-5-7(8)9/h7-9H,3-6H2,1-2H3/q+1/t7-,8-/m0/s1. The molecule has 0 aliphatic heterocycles. The zero-order chi connectivity index (χ0) is 8.27. The van der Waals surface area contributed by atoms with Crippen LogP contribution in [0.25, 0.3) is 0 Å². The summed E-state index contributed by atoms with van der Waals surface area (Å²) >= 11 is 0.00619. The summed E-state index contributed by atoms with van der Waals surface area (Å²) in [6, 6.07) is 0. The van der Waals surface area contributed by atoms with Crippen molar-refractivity contribution >= 4 is 11.2 Å². The minimum Gasteiger partial charge on any atom is -0.390 e. The van der Waals surface area contributed by atoms with Crippen LogP contribution in [-0.2, 0) is 15.4 Å². The van der Waals surface area contributed by atoms with E-state index >= 15 is 0 Å². The van der Waals surface area contributed by atoms with Crippen LogP contribution in [0.5, 0.6) is 0 Å². The van der Waals surface area contributed by atoms with E-state index < -0.39 is 0 Å². The second-order valence-corrected chi connectivity index (χ2v) is 4.90. The molecular weight excluding hydrogens is 160 g/mol. The number of aliphatic hydroxyl groups is 1. The number of rotatable bonds is 2. The highest BCUT2D eigenvalue weighted by Crippen LogP contribution is 2.22. The van der Waals surface area contributed by atoms with Crippen molar-refractivity contribution in [1.29, 1.82) is 0 Å². The van der Waals surface area contributed by atoms with E-state index in [1.54, 1.807) is 0 Å². The van der Waals surface area contributed by atoms with Gasteiger partial charge in [0.1, 0.15) is 29.8 Å². The first-order chi connectivity index (χ1) is 5.20. The fourth-order valence-corrected chi connectivity index (χ4v) is 2.16. The largest absolute Gasteiger partial charge is 0.390 e. The predicted octanol–water partition coefficient (Wildman–Crippen LogP) is 1.10. The fraction of sp³-hybridized carbons (Fsp3) is 1.00. The van der Waals surface area contributed by atoms with E-state index in [1.807, 2.05) is 12.5 Å². The van der Waals surface area contributed by atoms with E-state index in [0.29, 0.717) is 0 Å². The molecule has 0 amide bonds. The molecule has 0 aromatic carbocycles. The highest BCUT2D eigenvalue weighted by atomic mass is 32.2. The van der Waals surface area contributed by atoms with Gasteiger partial charge in [0.2, 0.25) is 0 Å². The molecule has 11 heavy (non-hydrogen) atoms. The Kier molecular flexibility index (Phi) is 3.69. The molecule has 0 radical (unpaired) electrons. The lowest BCUT2D eigenvalue weighted by Gasteiger charge is -2.24. The Bertz CT molecular complexity index is 117. The maximum atomic E-state index is 9.50. The Labute approximate surface area is 71.5 Å². The van der Waals surface area contributed by atoms with Gasteiger partial charge in [0.15, 0.2) is 0 Å². The maximum absolute atomic E-state index is 9.50. The van der Waals surface area contributed by atoms with Gasteiger partial charge in [-0.25, -0.2) is 0 Å². The van der Waals surface area contributed by atoms with Crippen molar-refractivity contribution < 1.29 is 9.29 Å². The Balaban J connectivity index is 2.29. The van der Waals surface area contributed by atoms with Gasteiger partial charge in [0.25, 0.3) is 0 Å². The molecule has 1 aliphatic carbocycles. The molecular formula is C8H17O2S+. The van der Waals surface area contributed by atoms with E-state index in [2.05, 4.69) is 0 Å². The predicted molar refractivity (Wildman–Crippen MR) is 48.6 cm³/mol. The van der Waals surface area contributed by atoms with Crippen molar-refractivity contribution in [2.45, 2.75) is 37.9 Å². The number of aliphatic hydroxyl groups excluding tert-OH is 1. The van der Waals surface area contributed by atoms with Crippen LogP contribution in [0.1, 0.15) is 25.7 Å². The van der Waals surface area contributed by atoms with Crippen molar-refractivity contribution in [3.05, 3.63) is 0 Å². The van der Waals surface area contributed by atoms with Gasteiger partial charge in [-0.1, -0.05) is 12.8 Å². The van der Waals surface area contributed by atoms with E-state index in [0.717, 1.165) is 19.3 Å². The zero-order valence-corrected chi connectivity index (χ0v) is 8.06. The van der Waals surface area contributed by atoms with Gasteiger partial charge >= 0.3 is 0 Å². The average molecular weight is 177 g/mol. The topological polar surface area (TPSA) is 29.5 Å². The second kappa shape index (κ2) is 4.33. The summed E-state index contributed by atoms with van der Waals surface area (Å²) in [4.78, 5) is 0. The second-order valence-electron chi connectivity index (χ2n) is 3.23. The average Bonchev–Trinajstić information content (AvgIpc) is 1.93. The van der Waals surface area contributed by atoms with Crippen molar-refractivity contribution in [3.63, 3.8) is 0 Å². The van der Waals surface area contributed by atoms with Crippen molar-refractivity contribution in [2.75, 3.05) is 12.5 Å². The van der Waals surface area contributed by atoms with Crippen LogP contribution in [0.15, 0.2) is 0 Å². The first kappa shape index (κ1) is 9.36. The van der Waals surface area contributed by atoms with E-state index in [-0.39, 0.29) is 23.4 Å². The quantitative estimate of drug-likeness (QED) is 0.640. The molecule has 0 saturated heterocycles. The molecule has 0 heterocycles. The maximum Gasteiger partial charge on any atom is 0.141 e. The monoisotopic (exact) mass is 177 g/mol. The molecule has 2 atom stereocenters. The van der Waals surface area contributed by atoms with Crippen LogP contribution in [0.4, 0.5) is 0 Å². The third-order valence-electron chi connectivity index (χ3n) is 1.98. The molecule has 3 heteroatoms. The first-order valence-electron chi connectivity index (χ1n) is 4.13. The minimum absolute atomic E-state index is 0.00619. The molecule has 0 spiro atoms. The van der Waals surface area contributed by atoms with Crippen LogP contribution in [0, 0.1) is 0 Å². The molecule has 0 unspecified atom stereocenters. The van der Waals surface area contributed by atoms with Crippen LogP contribution < -0.4 is 0 Å². The minimum atomic E-state index is -0.210. The highest BCUT2D eigenvalue weighted by molar-refractivity contribution is 7.90. The summed E-state index contributed by atoms with van der Waals surface area (Å²) in [6.45, 7) is 0. The first-order valence-corrected chi connectivity index (χ1v) is 6.09. The van der Waals surface area contributed by atoms with Gasteiger partial charge in [-0.15, -0.1) is 0 Å². The summed E-state index contributed by atoms with van der Waals surface area (Å²) < 4.78 is 5.58. The zero-order valence-electron chi connectivity index (χ0n) is 7.25. The lowest BCUT2D eigenvalue weighted by atomic mass is 9.95. The van der Waals surface area contributed by atoms with Crippen LogP contribution >= 0.6 is 0 Å². The molecule has 0 bridgehead atoms. The van der Waals surface area contributed by atoms with Crippen molar-refractivity contribution in [1.82, 2.24) is 0 Å². The molecule has 2 nitrogen and oxygen atoms in total. The van der Waals surface area contributed by atoms with Gasteiger partial charge in [0, 0.05) is 0 Å². The van der Waals surface area contributed by atoms with Gasteiger partial charge < -0.3 is 5.11 Å². The van der Waals surface area contributed by atoms with Crippen molar-refractivity contribution in [3.8, 4) is 0 Å². The smallest absolute Gasteiger partial charge is 0.141 e. The number of hydrogen-bond donors (Lipinski definition) is 1. The molecule has 66 valence electrons. The summed E-state index contributed by atoms with van der Waals surface area (Å²) in [6.07, 6.45) is 8.30. The van der Waals surface area contributed by atoms with Crippen LogP contribution in [0.3, 0.4) is 0 Å². The summed E-state index contributed by atoms with van der Waals surface area (Å²) in [5.41, 5.74) is 0. The highest BCUT2D eigenvalue weighted by Gasteiger charge is 2.28. The summed E-state index contributed by atoms with van der Waals surface area (Å²) in [7, 11) is 0. The van der Waals surface area contributed by atoms with Gasteiger partial charge in [-0.3, -0.25) is 0 Å². The van der Waals surface area contributed by atoms with E-state index in [1.165, 1.54) is 6.42 Å². The van der Waals surface area contributed by atoms with Gasteiger partial charge in [0.05, 0.1) is 6.10 Å². The lowest BCUT2D eigenvalue weighted by molar-refractivity contribution is 0.0160.